The van der Waals surface area contributed by atoms with Crippen molar-refractivity contribution in [3.8, 4) is 0 Å². The van der Waals surface area contributed by atoms with E-state index in [0.29, 0.717) is 16.4 Å². The maximum Gasteiger partial charge on any atom is 0.338 e. The average molecular weight is 559 g/mol. The van der Waals surface area contributed by atoms with Crippen LogP contribution in [-0.4, -0.2) is 12.1 Å². The van der Waals surface area contributed by atoms with Crippen molar-refractivity contribution < 1.29 is 9.53 Å². The van der Waals surface area contributed by atoms with E-state index < -0.39 is 0 Å². The van der Waals surface area contributed by atoms with Crippen LogP contribution in [0.2, 0.25) is 0 Å². The summed E-state index contributed by atoms with van der Waals surface area (Å²) in [5.74, 6) is 5.00. The highest BCUT2D eigenvalue weighted by atomic mass is 16.5. The molecule has 1 aromatic carbocycles. The van der Waals surface area contributed by atoms with E-state index in [4.69, 9.17) is 4.74 Å². The van der Waals surface area contributed by atoms with Gasteiger partial charge in [-0.05, 0) is 128 Å². The molecule has 4 aliphatic rings. The summed E-state index contributed by atoms with van der Waals surface area (Å²) in [7, 11) is 0. The molecule has 1 aromatic rings. The van der Waals surface area contributed by atoms with Gasteiger partial charge in [0.15, 0.2) is 0 Å². The Balaban J connectivity index is 1.20. The average Bonchev–Trinajstić information content (AvgIpc) is 3.31. The van der Waals surface area contributed by atoms with Gasteiger partial charge in [0, 0.05) is 6.42 Å². The minimum Gasteiger partial charge on any atom is -0.458 e. The number of benzene rings is 1. The fraction of sp³-hybridized carbons (Fsp3) is 0.718. The third kappa shape index (κ3) is 6.28. The summed E-state index contributed by atoms with van der Waals surface area (Å²) in [6.07, 6.45) is 22.0. The zero-order valence-corrected chi connectivity index (χ0v) is 26.9. The van der Waals surface area contributed by atoms with E-state index in [1.54, 1.807) is 5.57 Å². The Morgan fingerprint density at radius 3 is 2.51 bits per heavy atom. The molecule has 0 amide bonds. The van der Waals surface area contributed by atoms with Crippen molar-refractivity contribution in [1.82, 2.24) is 0 Å². The van der Waals surface area contributed by atoms with Gasteiger partial charge in [-0.15, -0.1) is 6.58 Å². The summed E-state index contributed by atoms with van der Waals surface area (Å²) in [6.45, 7) is 16.4. The van der Waals surface area contributed by atoms with Crippen molar-refractivity contribution in [3.05, 3.63) is 59.7 Å². The van der Waals surface area contributed by atoms with Crippen molar-refractivity contribution >= 4 is 5.97 Å². The van der Waals surface area contributed by atoms with Crippen LogP contribution in [0.1, 0.15) is 134 Å². The molecule has 0 aliphatic heterocycles. The van der Waals surface area contributed by atoms with Gasteiger partial charge in [-0.1, -0.05) is 83.7 Å². The first-order chi connectivity index (χ1) is 19.7. The summed E-state index contributed by atoms with van der Waals surface area (Å²) in [5, 5.41) is 0. The van der Waals surface area contributed by atoms with Crippen molar-refractivity contribution in [2.75, 3.05) is 0 Å². The van der Waals surface area contributed by atoms with E-state index in [-0.39, 0.29) is 12.1 Å². The highest BCUT2D eigenvalue weighted by molar-refractivity contribution is 5.89. The number of hydrogen-bond acceptors (Lipinski definition) is 2. The van der Waals surface area contributed by atoms with Gasteiger partial charge in [0.05, 0.1) is 5.56 Å². The van der Waals surface area contributed by atoms with Crippen LogP contribution in [0.15, 0.2) is 48.6 Å². The van der Waals surface area contributed by atoms with Crippen LogP contribution in [0.25, 0.3) is 0 Å². The molecule has 0 N–H and O–H groups in total. The number of fused-ring (bicyclic) bond motifs is 5. The first-order valence-corrected chi connectivity index (χ1v) is 17.3. The van der Waals surface area contributed by atoms with Crippen molar-refractivity contribution in [1.29, 1.82) is 0 Å². The molecular formula is C39H58O2. The van der Waals surface area contributed by atoms with Gasteiger partial charge in [-0.25, -0.2) is 4.79 Å². The molecule has 0 unspecified atom stereocenters. The SMILES string of the molecule is C=CCCCc1ccc(C(=O)O[C@H]2CC[C@@]3(C)C(=CC[C@H]4[C@@H]5CC[C@H]([C@H](C)CCCC(C)C)[C@@]5(C)CC[C@@H]43)C2)cc1. The Labute approximate surface area is 251 Å². The summed E-state index contributed by atoms with van der Waals surface area (Å²) in [4.78, 5) is 13.0. The highest BCUT2D eigenvalue weighted by Gasteiger charge is 2.59. The van der Waals surface area contributed by atoms with Gasteiger partial charge in [0.1, 0.15) is 6.10 Å². The number of unbranched alkanes of at least 4 members (excludes halogenated alkanes) is 1. The fourth-order valence-corrected chi connectivity index (χ4v) is 10.2. The van der Waals surface area contributed by atoms with Gasteiger partial charge in [0.2, 0.25) is 0 Å². The summed E-state index contributed by atoms with van der Waals surface area (Å²) >= 11 is 0. The van der Waals surface area contributed by atoms with Crippen molar-refractivity contribution in [2.24, 2.45) is 46.3 Å². The molecule has 0 radical (unpaired) electrons. The molecule has 226 valence electrons. The molecule has 0 saturated heterocycles. The molecule has 0 aromatic heterocycles. The molecule has 2 nitrogen and oxygen atoms in total. The molecule has 3 fully saturated rings. The number of esters is 1. The van der Waals surface area contributed by atoms with E-state index in [9.17, 15) is 4.79 Å². The number of hydrogen-bond donors (Lipinski definition) is 0. The van der Waals surface area contributed by atoms with Crippen LogP contribution in [0, 0.1) is 46.3 Å². The Morgan fingerprint density at radius 2 is 1.78 bits per heavy atom. The van der Waals surface area contributed by atoms with Gasteiger partial charge >= 0.3 is 5.97 Å². The number of allylic oxidation sites excluding steroid dienone is 2. The molecule has 0 bridgehead atoms. The first-order valence-electron chi connectivity index (χ1n) is 17.3. The van der Waals surface area contributed by atoms with E-state index in [0.717, 1.165) is 67.6 Å². The minimum absolute atomic E-state index is 0.0158. The van der Waals surface area contributed by atoms with Crippen LogP contribution in [-0.2, 0) is 11.2 Å². The number of carbonyl (C=O) groups excluding carboxylic acids is 1. The smallest absolute Gasteiger partial charge is 0.338 e. The number of carbonyl (C=O) groups is 1. The van der Waals surface area contributed by atoms with Crippen LogP contribution >= 0.6 is 0 Å². The first kappa shape index (κ1) is 30.6. The van der Waals surface area contributed by atoms with E-state index in [2.05, 4.69) is 59.4 Å². The Morgan fingerprint density at radius 1 is 1.00 bits per heavy atom. The summed E-state index contributed by atoms with van der Waals surface area (Å²) in [5.41, 5.74) is 4.39. The lowest BCUT2D eigenvalue weighted by Gasteiger charge is -2.58. The van der Waals surface area contributed by atoms with Gasteiger partial charge < -0.3 is 4.74 Å². The lowest BCUT2D eigenvalue weighted by atomic mass is 9.47. The quantitative estimate of drug-likeness (QED) is 0.153. The van der Waals surface area contributed by atoms with E-state index in [1.165, 1.54) is 63.4 Å². The van der Waals surface area contributed by atoms with Crippen LogP contribution in [0.4, 0.5) is 0 Å². The zero-order valence-electron chi connectivity index (χ0n) is 26.9. The normalized spacial score (nSPS) is 35.2. The van der Waals surface area contributed by atoms with Crippen molar-refractivity contribution in [3.63, 3.8) is 0 Å². The Hall–Kier alpha value is -1.83. The topological polar surface area (TPSA) is 26.3 Å². The molecule has 0 heterocycles. The second-order valence-corrected chi connectivity index (χ2v) is 15.4. The van der Waals surface area contributed by atoms with Gasteiger partial charge in [-0.3, -0.25) is 0 Å². The third-order valence-electron chi connectivity index (χ3n) is 12.6. The van der Waals surface area contributed by atoms with Crippen molar-refractivity contribution in [2.45, 2.75) is 131 Å². The lowest BCUT2D eigenvalue weighted by molar-refractivity contribution is -0.0594. The molecule has 0 spiro atoms. The predicted molar refractivity (Wildman–Crippen MR) is 172 cm³/mol. The molecule has 5 rings (SSSR count). The largest absolute Gasteiger partial charge is 0.458 e. The number of rotatable bonds is 11. The monoisotopic (exact) mass is 558 g/mol. The van der Waals surface area contributed by atoms with E-state index in [1.807, 2.05) is 18.2 Å². The second kappa shape index (κ2) is 12.8. The maximum atomic E-state index is 13.0. The summed E-state index contributed by atoms with van der Waals surface area (Å²) in [6, 6.07) is 8.06. The fourth-order valence-electron chi connectivity index (χ4n) is 10.2. The summed E-state index contributed by atoms with van der Waals surface area (Å²) < 4.78 is 6.13. The Bertz CT molecular complexity index is 1080. The zero-order chi connectivity index (χ0) is 29.2. The van der Waals surface area contributed by atoms with Crippen LogP contribution in [0.5, 0.6) is 0 Å². The molecule has 8 atom stereocenters. The second-order valence-electron chi connectivity index (χ2n) is 15.4. The minimum atomic E-state index is -0.154. The third-order valence-corrected chi connectivity index (χ3v) is 12.6. The molecule has 2 heteroatoms. The number of aryl methyl sites for hydroxylation is 1. The van der Waals surface area contributed by atoms with Gasteiger partial charge in [0.25, 0.3) is 0 Å². The predicted octanol–water partition coefficient (Wildman–Crippen LogP) is 10.8. The lowest BCUT2D eigenvalue weighted by Crippen LogP contribution is -2.51. The highest BCUT2D eigenvalue weighted by Crippen LogP contribution is 2.67. The molecule has 3 saturated carbocycles. The van der Waals surface area contributed by atoms with Crippen LogP contribution < -0.4 is 0 Å². The Kier molecular flexibility index (Phi) is 9.57. The van der Waals surface area contributed by atoms with Gasteiger partial charge in [-0.2, -0.15) is 0 Å². The molecule has 4 aliphatic carbocycles. The van der Waals surface area contributed by atoms with E-state index >= 15 is 0 Å². The number of ether oxygens (including phenoxy) is 1. The molecular weight excluding hydrogens is 500 g/mol. The standard InChI is InChI=1S/C39H58O2/c1-7-8-9-13-29-14-16-30(17-15-29)37(40)41-32-22-24-38(5)31(26-32)18-19-33-35-21-20-34(28(4)12-10-11-27(2)3)39(35,6)25-23-36(33)38/h7,14-18,27-28,32-36H,1,8-13,19-26H2,2-6H3/t28-,32+,33+,34-,35+,36+,38+,39-/m1/s1. The van der Waals surface area contributed by atoms with Crippen LogP contribution in [0.3, 0.4) is 0 Å². The maximum absolute atomic E-state index is 13.0. The molecule has 41 heavy (non-hydrogen) atoms.